The minimum Gasteiger partial charge on any atom is -0.303 e. The smallest absolute Gasteiger partial charge is 0.277 e. The van der Waals surface area contributed by atoms with E-state index in [4.69, 9.17) is 16.9 Å². The highest BCUT2D eigenvalue weighted by molar-refractivity contribution is 6.29. The van der Waals surface area contributed by atoms with E-state index in [-0.39, 0.29) is 29.5 Å². The molecule has 4 nitrogen and oxygen atoms in total. The van der Waals surface area contributed by atoms with Gasteiger partial charge in [-0.25, -0.2) is 9.37 Å². The lowest BCUT2D eigenvalue weighted by Crippen LogP contribution is -2.33. The standard InChI is InChI=1S/C15H11ClFN3O/c16-14-8-3-6-12(19-14)15(21)20(10-4-9-18)13-7-2-1-5-11(13)17/h1-3,5-8H,4,10H2. The molecule has 0 bridgehead atoms. The first-order valence-corrected chi connectivity index (χ1v) is 6.57. The van der Waals surface area contributed by atoms with Gasteiger partial charge in [-0.2, -0.15) is 5.26 Å². The Morgan fingerprint density at radius 3 is 2.71 bits per heavy atom. The number of carbonyl (C=O) groups is 1. The van der Waals surface area contributed by atoms with Crippen LogP contribution < -0.4 is 4.90 Å². The van der Waals surface area contributed by atoms with Gasteiger partial charge >= 0.3 is 0 Å². The van der Waals surface area contributed by atoms with Gasteiger partial charge in [0.1, 0.15) is 16.7 Å². The maximum atomic E-state index is 13.9. The molecule has 0 saturated carbocycles. The van der Waals surface area contributed by atoms with Gasteiger partial charge in [0.05, 0.1) is 18.2 Å². The van der Waals surface area contributed by atoms with Gasteiger partial charge in [-0.3, -0.25) is 4.79 Å². The van der Waals surface area contributed by atoms with Gasteiger partial charge in [-0.1, -0.05) is 29.8 Å². The zero-order chi connectivity index (χ0) is 15.2. The summed E-state index contributed by atoms with van der Waals surface area (Å²) in [6, 6.07) is 12.5. The molecule has 0 radical (unpaired) electrons. The SMILES string of the molecule is N#CCCN(C(=O)c1cccc(Cl)n1)c1ccccc1F. The number of para-hydroxylation sites is 1. The molecule has 0 fully saturated rings. The summed E-state index contributed by atoms with van der Waals surface area (Å²) >= 11 is 5.77. The fourth-order valence-electron chi connectivity index (χ4n) is 1.83. The van der Waals surface area contributed by atoms with Crippen molar-refractivity contribution >= 4 is 23.2 Å². The number of carbonyl (C=O) groups excluding carboxylic acids is 1. The van der Waals surface area contributed by atoms with Crippen LogP contribution in [0.5, 0.6) is 0 Å². The Hall–Kier alpha value is -2.45. The number of anilines is 1. The van der Waals surface area contributed by atoms with E-state index >= 15 is 0 Å². The van der Waals surface area contributed by atoms with E-state index in [1.807, 2.05) is 6.07 Å². The van der Waals surface area contributed by atoms with Crippen LogP contribution in [0.3, 0.4) is 0 Å². The molecule has 0 spiro atoms. The van der Waals surface area contributed by atoms with Crippen LogP contribution in [0.1, 0.15) is 16.9 Å². The van der Waals surface area contributed by atoms with Crippen molar-refractivity contribution in [2.45, 2.75) is 6.42 Å². The van der Waals surface area contributed by atoms with Crippen molar-refractivity contribution in [1.82, 2.24) is 4.98 Å². The molecule has 0 aliphatic rings. The zero-order valence-electron chi connectivity index (χ0n) is 11.0. The maximum Gasteiger partial charge on any atom is 0.277 e. The van der Waals surface area contributed by atoms with Crippen LogP contribution in [-0.4, -0.2) is 17.4 Å². The third-order valence-electron chi connectivity index (χ3n) is 2.77. The Morgan fingerprint density at radius 2 is 2.05 bits per heavy atom. The monoisotopic (exact) mass is 303 g/mol. The molecule has 0 aliphatic heterocycles. The maximum absolute atomic E-state index is 13.9. The molecule has 1 aromatic heterocycles. The van der Waals surface area contributed by atoms with Gasteiger partial charge < -0.3 is 4.90 Å². The number of amides is 1. The third-order valence-corrected chi connectivity index (χ3v) is 2.98. The number of nitriles is 1. The number of hydrogen-bond donors (Lipinski definition) is 0. The Balaban J connectivity index is 2.39. The number of nitrogens with zero attached hydrogens (tertiary/aromatic N) is 3. The first-order chi connectivity index (χ1) is 10.1. The summed E-state index contributed by atoms with van der Waals surface area (Å²) in [6.45, 7) is 0.0739. The molecule has 0 saturated heterocycles. The van der Waals surface area contributed by atoms with Gasteiger partial charge in [0.2, 0.25) is 0 Å². The Bertz CT molecular complexity index is 699. The molecule has 1 heterocycles. The number of pyridine rings is 1. The minimum absolute atomic E-state index is 0.0739. The summed E-state index contributed by atoms with van der Waals surface area (Å²) in [5, 5.41) is 8.88. The predicted molar refractivity (Wildman–Crippen MR) is 77.6 cm³/mol. The topological polar surface area (TPSA) is 57.0 Å². The minimum atomic E-state index is -0.536. The lowest BCUT2D eigenvalue weighted by Gasteiger charge is -2.21. The highest BCUT2D eigenvalue weighted by atomic mass is 35.5. The number of rotatable bonds is 4. The van der Waals surface area contributed by atoms with E-state index in [1.165, 1.54) is 29.2 Å². The average molecular weight is 304 g/mol. The number of benzene rings is 1. The molecule has 0 unspecified atom stereocenters. The lowest BCUT2D eigenvalue weighted by atomic mass is 10.2. The molecule has 2 aromatic rings. The molecule has 21 heavy (non-hydrogen) atoms. The van der Waals surface area contributed by atoms with Gasteiger partial charge in [-0.15, -0.1) is 0 Å². The molecule has 0 aliphatic carbocycles. The molecule has 0 atom stereocenters. The van der Waals surface area contributed by atoms with E-state index in [0.717, 1.165) is 0 Å². The Morgan fingerprint density at radius 1 is 1.29 bits per heavy atom. The zero-order valence-corrected chi connectivity index (χ0v) is 11.7. The molecule has 106 valence electrons. The van der Waals surface area contributed by atoms with Gasteiger partial charge in [-0.05, 0) is 24.3 Å². The first-order valence-electron chi connectivity index (χ1n) is 6.19. The molecule has 1 amide bonds. The second-order valence-corrected chi connectivity index (χ2v) is 4.55. The van der Waals surface area contributed by atoms with Crippen LogP contribution in [0.2, 0.25) is 5.15 Å². The highest BCUT2D eigenvalue weighted by Crippen LogP contribution is 2.21. The predicted octanol–water partition coefficient (Wildman–Crippen LogP) is 3.43. The molecule has 6 heteroatoms. The van der Waals surface area contributed by atoms with Crippen LogP contribution in [-0.2, 0) is 0 Å². The van der Waals surface area contributed by atoms with Crippen LogP contribution in [0.4, 0.5) is 10.1 Å². The lowest BCUT2D eigenvalue weighted by molar-refractivity contribution is 0.0982. The number of halogens is 2. The van der Waals surface area contributed by atoms with E-state index in [0.29, 0.717) is 0 Å². The van der Waals surface area contributed by atoms with Crippen molar-refractivity contribution in [3.8, 4) is 6.07 Å². The fourth-order valence-corrected chi connectivity index (χ4v) is 1.99. The summed E-state index contributed by atoms with van der Waals surface area (Å²) in [4.78, 5) is 17.6. The van der Waals surface area contributed by atoms with Crippen molar-refractivity contribution in [3.63, 3.8) is 0 Å². The van der Waals surface area contributed by atoms with E-state index < -0.39 is 11.7 Å². The molecular formula is C15H11ClFN3O. The van der Waals surface area contributed by atoms with Crippen molar-refractivity contribution in [2.24, 2.45) is 0 Å². The van der Waals surface area contributed by atoms with Crippen LogP contribution in [0.15, 0.2) is 42.5 Å². The summed E-state index contributed by atoms with van der Waals surface area (Å²) < 4.78 is 13.9. The fraction of sp³-hybridized carbons (Fsp3) is 0.133. The third kappa shape index (κ3) is 3.56. The summed E-state index contributed by atoms with van der Waals surface area (Å²) in [7, 11) is 0. The molecule has 1 aromatic carbocycles. The van der Waals surface area contributed by atoms with Crippen LogP contribution >= 0.6 is 11.6 Å². The van der Waals surface area contributed by atoms with E-state index in [9.17, 15) is 9.18 Å². The van der Waals surface area contributed by atoms with Crippen molar-refractivity contribution < 1.29 is 9.18 Å². The van der Waals surface area contributed by atoms with Gasteiger partial charge in [0, 0.05) is 6.54 Å². The number of aromatic nitrogens is 1. The second kappa shape index (κ2) is 6.82. The quantitative estimate of drug-likeness (QED) is 0.813. The summed E-state index contributed by atoms with van der Waals surface area (Å²) in [5.41, 5.74) is 0.211. The van der Waals surface area contributed by atoms with Crippen molar-refractivity contribution in [2.75, 3.05) is 11.4 Å². The van der Waals surface area contributed by atoms with Crippen LogP contribution in [0.25, 0.3) is 0 Å². The first kappa shape index (κ1) is 14.9. The normalized spacial score (nSPS) is 9.95. The Kier molecular flexibility index (Phi) is 4.85. The van der Waals surface area contributed by atoms with Crippen molar-refractivity contribution in [1.29, 1.82) is 5.26 Å². The largest absolute Gasteiger partial charge is 0.303 e. The second-order valence-electron chi connectivity index (χ2n) is 4.16. The van der Waals surface area contributed by atoms with Crippen molar-refractivity contribution in [3.05, 3.63) is 59.1 Å². The highest BCUT2D eigenvalue weighted by Gasteiger charge is 2.21. The molecular weight excluding hydrogens is 293 g/mol. The molecule has 2 rings (SSSR count). The summed E-state index contributed by atoms with van der Waals surface area (Å²) in [5.74, 6) is -1.04. The van der Waals surface area contributed by atoms with E-state index in [1.54, 1.807) is 18.2 Å². The number of hydrogen-bond acceptors (Lipinski definition) is 3. The summed E-state index contributed by atoms with van der Waals surface area (Å²) in [6.07, 6.45) is 0.0840. The van der Waals surface area contributed by atoms with Gasteiger partial charge in [0.25, 0.3) is 5.91 Å². The molecule has 0 N–H and O–H groups in total. The van der Waals surface area contributed by atoms with Gasteiger partial charge in [0.15, 0.2) is 0 Å². The average Bonchev–Trinajstić information content (AvgIpc) is 2.49. The van der Waals surface area contributed by atoms with E-state index in [2.05, 4.69) is 4.98 Å². The Labute approximate surface area is 126 Å². The van der Waals surface area contributed by atoms with Crippen LogP contribution in [0, 0.1) is 17.1 Å².